The normalized spacial score (nSPS) is 12.2. The quantitative estimate of drug-likeness (QED) is 0.495. The second kappa shape index (κ2) is 8.96. The minimum Gasteiger partial charge on any atom is -0.481 e. The molecule has 0 unspecified atom stereocenters. The third-order valence-corrected chi connectivity index (χ3v) is 3.08. The summed E-state index contributed by atoms with van der Waals surface area (Å²) in [7, 11) is 0. The van der Waals surface area contributed by atoms with E-state index in [4.69, 9.17) is 15.7 Å². The first kappa shape index (κ1) is 19.8. The fraction of sp³-hybridized carbons (Fsp3) is 0.857. The van der Waals surface area contributed by atoms with E-state index >= 15 is 0 Å². The van der Waals surface area contributed by atoms with Gasteiger partial charge in [0.2, 0.25) is 5.91 Å². The van der Waals surface area contributed by atoms with Crippen LogP contribution in [0.25, 0.3) is 0 Å². The van der Waals surface area contributed by atoms with E-state index in [0.717, 1.165) is 0 Å². The standard InChI is InChI=1S/C14H28N2O5/c1-13(2,16-11(17)10-21-15)8-9-20-14(3,4)7-5-6-12(18)19/h5-10,15H2,1-4H3,(H,16,17)(H,18,19). The Balaban J connectivity index is 4.03. The number of hydrogen-bond acceptors (Lipinski definition) is 5. The van der Waals surface area contributed by atoms with Gasteiger partial charge >= 0.3 is 5.97 Å². The van der Waals surface area contributed by atoms with Crippen LogP contribution in [0.2, 0.25) is 0 Å². The van der Waals surface area contributed by atoms with Gasteiger partial charge in [-0.3, -0.25) is 14.4 Å². The molecule has 0 aliphatic carbocycles. The molecular weight excluding hydrogens is 276 g/mol. The molecule has 0 bridgehead atoms. The van der Waals surface area contributed by atoms with Crippen molar-refractivity contribution in [3.05, 3.63) is 0 Å². The van der Waals surface area contributed by atoms with Crippen molar-refractivity contribution in [2.45, 2.75) is 64.5 Å². The summed E-state index contributed by atoms with van der Waals surface area (Å²) in [6.45, 7) is 7.94. The zero-order chi connectivity index (χ0) is 16.5. The molecule has 0 aromatic rings. The largest absolute Gasteiger partial charge is 0.481 e. The molecule has 4 N–H and O–H groups in total. The smallest absolute Gasteiger partial charge is 0.303 e. The monoisotopic (exact) mass is 304 g/mol. The van der Waals surface area contributed by atoms with Gasteiger partial charge in [-0.15, -0.1) is 0 Å². The molecular formula is C14H28N2O5. The highest BCUT2D eigenvalue weighted by molar-refractivity contribution is 5.77. The van der Waals surface area contributed by atoms with Crippen molar-refractivity contribution in [1.82, 2.24) is 5.32 Å². The third-order valence-electron chi connectivity index (χ3n) is 3.08. The van der Waals surface area contributed by atoms with Gasteiger partial charge in [-0.1, -0.05) is 0 Å². The lowest BCUT2D eigenvalue weighted by Gasteiger charge is -2.30. The summed E-state index contributed by atoms with van der Waals surface area (Å²) in [6, 6.07) is 0. The summed E-state index contributed by atoms with van der Waals surface area (Å²) >= 11 is 0. The molecule has 124 valence electrons. The summed E-state index contributed by atoms with van der Waals surface area (Å²) in [5.74, 6) is 3.78. The Labute approximate surface area is 126 Å². The van der Waals surface area contributed by atoms with Crippen molar-refractivity contribution >= 4 is 11.9 Å². The van der Waals surface area contributed by atoms with Gasteiger partial charge in [0, 0.05) is 18.6 Å². The van der Waals surface area contributed by atoms with Crippen LogP contribution in [0.5, 0.6) is 0 Å². The van der Waals surface area contributed by atoms with Gasteiger partial charge in [0.1, 0.15) is 6.61 Å². The molecule has 7 nitrogen and oxygen atoms in total. The van der Waals surface area contributed by atoms with Crippen LogP contribution >= 0.6 is 0 Å². The fourth-order valence-corrected chi connectivity index (χ4v) is 1.87. The van der Waals surface area contributed by atoms with E-state index in [1.807, 2.05) is 27.7 Å². The molecule has 1 amide bonds. The number of amides is 1. The lowest BCUT2D eigenvalue weighted by atomic mass is 9.99. The summed E-state index contributed by atoms with van der Waals surface area (Å²) in [5, 5.41) is 11.4. The van der Waals surface area contributed by atoms with Crippen LogP contribution in [-0.4, -0.2) is 41.3 Å². The van der Waals surface area contributed by atoms with Gasteiger partial charge in [-0.25, -0.2) is 5.90 Å². The number of carbonyl (C=O) groups is 2. The second-order valence-corrected chi connectivity index (χ2v) is 6.35. The van der Waals surface area contributed by atoms with Crippen LogP contribution in [0.3, 0.4) is 0 Å². The Morgan fingerprint density at radius 2 is 1.81 bits per heavy atom. The average Bonchev–Trinajstić information content (AvgIpc) is 2.26. The van der Waals surface area contributed by atoms with E-state index in [1.54, 1.807) is 0 Å². The molecule has 0 spiro atoms. The molecule has 0 saturated heterocycles. The Bertz CT molecular complexity index is 342. The van der Waals surface area contributed by atoms with Gasteiger partial charge < -0.3 is 15.2 Å². The molecule has 0 aliphatic rings. The number of carbonyl (C=O) groups excluding carboxylic acids is 1. The molecule has 0 radical (unpaired) electrons. The first-order valence-electron chi connectivity index (χ1n) is 7.06. The lowest BCUT2D eigenvalue weighted by molar-refractivity contribution is -0.137. The number of carboxylic acids is 1. The molecule has 0 saturated carbocycles. The highest BCUT2D eigenvalue weighted by Crippen LogP contribution is 2.19. The fourth-order valence-electron chi connectivity index (χ4n) is 1.87. The maximum absolute atomic E-state index is 11.4. The van der Waals surface area contributed by atoms with Gasteiger partial charge in [0.25, 0.3) is 0 Å². The highest BCUT2D eigenvalue weighted by atomic mass is 16.6. The molecule has 0 fully saturated rings. The van der Waals surface area contributed by atoms with E-state index in [2.05, 4.69) is 10.2 Å². The minimum atomic E-state index is -0.795. The summed E-state index contributed by atoms with van der Waals surface area (Å²) in [4.78, 5) is 26.2. The maximum Gasteiger partial charge on any atom is 0.303 e. The number of nitrogens with two attached hydrogens (primary N) is 1. The molecule has 0 aromatic heterocycles. The third kappa shape index (κ3) is 11.2. The van der Waals surface area contributed by atoms with Gasteiger partial charge in [-0.2, -0.15) is 0 Å². The van der Waals surface area contributed by atoms with Crippen LogP contribution in [0, 0.1) is 0 Å². The topological polar surface area (TPSA) is 111 Å². The number of carboxylic acid groups (broad SMARTS) is 1. The molecule has 0 aromatic carbocycles. The lowest BCUT2D eigenvalue weighted by Crippen LogP contribution is -2.46. The zero-order valence-corrected chi connectivity index (χ0v) is 13.4. The number of aliphatic carboxylic acids is 1. The number of hydrogen-bond donors (Lipinski definition) is 3. The predicted octanol–water partition coefficient (Wildman–Crippen LogP) is 1.21. The molecule has 0 aliphatic heterocycles. The van der Waals surface area contributed by atoms with E-state index in [-0.39, 0.29) is 24.5 Å². The average molecular weight is 304 g/mol. The van der Waals surface area contributed by atoms with Crippen molar-refractivity contribution in [3.8, 4) is 0 Å². The van der Waals surface area contributed by atoms with E-state index in [1.165, 1.54) is 0 Å². The Hall–Kier alpha value is -1.18. The van der Waals surface area contributed by atoms with Crippen molar-refractivity contribution in [2.75, 3.05) is 13.2 Å². The molecule has 21 heavy (non-hydrogen) atoms. The van der Waals surface area contributed by atoms with Crippen LogP contribution in [0.4, 0.5) is 0 Å². The van der Waals surface area contributed by atoms with Crippen molar-refractivity contribution in [1.29, 1.82) is 0 Å². The van der Waals surface area contributed by atoms with Crippen molar-refractivity contribution in [3.63, 3.8) is 0 Å². The van der Waals surface area contributed by atoms with Crippen molar-refractivity contribution in [2.24, 2.45) is 5.90 Å². The van der Waals surface area contributed by atoms with E-state index in [0.29, 0.717) is 25.9 Å². The van der Waals surface area contributed by atoms with E-state index in [9.17, 15) is 9.59 Å². The van der Waals surface area contributed by atoms with Gasteiger partial charge in [0.05, 0.1) is 5.60 Å². The summed E-state index contributed by atoms with van der Waals surface area (Å²) in [5.41, 5.74) is -0.803. The Morgan fingerprint density at radius 3 is 2.33 bits per heavy atom. The zero-order valence-electron chi connectivity index (χ0n) is 13.4. The summed E-state index contributed by atoms with van der Waals surface area (Å²) in [6.07, 6.45) is 2.03. The number of ether oxygens (including phenoxy) is 1. The molecule has 0 atom stereocenters. The maximum atomic E-state index is 11.4. The van der Waals surface area contributed by atoms with Crippen LogP contribution in [0.15, 0.2) is 0 Å². The molecule has 0 rings (SSSR count). The molecule has 7 heteroatoms. The Kier molecular flexibility index (Phi) is 8.46. The number of nitrogens with one attached hydrogen (secondary N) is 1. The first-order chi connectivity index (χ1) is 9.58. The highest BCUT2D eigenvalue weighted by Gasteiger charge is 2.23. The van der Waals surface area contributed by atoms with Crippen LogP contribution in [0.1, 0.15) is 53.4 Å². The van der Waals surface area contributed by atoms with Gasteiger partial charge in [0.15, 0.2) is 0 Å². The van der Waals surface area contributed by atoms with Crippen molar-refractivity contribution < 1.29 is 24.3 Å². The Morgan fingerprint density at radius 1 is 1.19 bits per heavy atom. The predicted molar refractivity (Wildman–Crippen MR) is 78.5 cm³/mol. The van der Waals surface area contributed by atoms with E-state index < -0.39 is 11.5 Å². The van der Waals surface area contributed by atoms with Crippen LogP contribution in [-0.2, 0) is 19.2 Å². The SMILES string of the molecule is CC(C)(CCOC(C)(C)CCCC(=O)O)NC(=O)CON. The second-order valence-electron chi connectivity index (χ2n) is 6.35. The first-order valence-corrected chi connectivity index (χ1v) is 7.06. The van der Waals surface area contributed by atoms with Crippen LogP contribution < -0.4 is 11.2 Å². The summed E-state index contributed by atoms with van der Waals surface area (Å²) < 4.78 is 5.79. The van der Waals surface area contributed by atoms with Gasteiger partial charge in [-0.05, 0) is 47.0 Å². The number of rotatable bonds is 11. The molecule has 0 heterocycles. The minimum absolute atomic E-state index is 0.146.